The molecule has 0 amide bonds. The lowest BCUT2D eigenvalue weighted by molar-refractivity contribution is -0.386. The Hall–Kier alpha value is -2.64. The number of nitrogens with zero attached hydrogens (tertiary/aromatic N) is 3. The number of nitro benzene ring substituents is 1. The van der Waals surface area contributed by atoms with Gasteiger partial charge in [0.2, 0.25) is 5.96 Å². The Kier molecular flexibility index (Phi) is 4.03. The van der Waals surface area contributed by atoms with Gasteiger partial charge in [0.25, 0.3) is 5.69 Å². The molecule has 1 aromatic rings. The maximum Gasteiger partial charge on any atom is 0.278 e. The first-order valence-electron chi connectivity index (χ1n) is 7.63. The van der Waals surface area contributed by atoms with Crippen LogP contribution in [0.25, 0.3) is 0 Å². The molecule has 0 aliphatic heterocycles. The summed E-state index contributed by atoms with van der Waals surface area (Å²) < 4.78 is 0. The molecule has 130 valence electrons. The van der Waals surface area contributed by atoms with E-state index >= 15 is 0 Å². The molecule has 1 aromatic carbocycles. The van der Waals surface area contributed by atoms with E-state index in [1.807, 2.05) is 19.9 Å². The van der Waals surface area contributed by atoms with Crippen molar-refractivity contribution in [2.45, 2.75) is 51.9 Å². The quantitative estimate of drug-likeness (QED) is 0.328. The van der Waals surface area contributed by atoms with Crippen LogP contribution in [0.2, 0.25) is 0 Å². The zero-order valence-electron chi connectivity index (χ0n) is 14.7. The maximum atomic E-state index is 11.8. The molecule has 0 spiro atoms. The fourth-order valence-electron chi connectivity index (χ4n) is 3.89. The summed E-state index contributed by atoms with van der Waals surface area (Å²) in [5, 5.41) is 11.8. The molecule has 0 radical (unpaired) electrons. The Bertz CT molecular complexity index is 773. The first-order chi connectivity index (χ1) is 10.9. The van der Waals surface area contributed by atoms with Crippen molar-refractivity contribution in [1.29, 1.82) is 0 Å². The van der Waals surface area contributed by atoms with Crippen LogP contribution < -0.4 is 17.2 Å². The Labute approximate surface area is 141 Å². The van der Waals surface area contributed by atoms with Gasteiger partial charge in [-0.05, 0) is 35.8 Å². The van der Waals surface area contributed by atoms with Gasteiger partial charge >= 0.3 is 0 Å². The average molecular weight is 332 g/mol. The second-order valence-corrected chi connectivity index (χ2v) is 7.50. The number of nitrogens with two attached hydrogens (primary N) is 3. The van der Waals surface area contributed by atoms with Crippen LogP contribution >= 0.6 is 0 Å². The molecule has 0 unspecified atom stereocenters. The van der Waals surface area contributed by atoms with Gasteiger partial charge < -0.3 is 17.2 Å². The molecule has 1 aliphatic carbocycles. The Morgan fingerprint density at radius 1 is 1.21 bits per heavy atom. The van der Waals surface area contributed by atoms with E-state index in [0.717, 1.165) is 17.5 Å². The summed E-state index contributed by atoms with van der Waals surface area (Å²) >= 11 is 0. The zero-order chi connectivity index (χ0) is 18.4. The van der Waals surface area contributed by atoms with E-state index in [9.17, 15) is 10.1 Å². The van der Waals surface area contributed by atoms with Crippen molar-refractivity contribution in [3.8, 4) is 0 Å². The van der Waals surface area contributed by atoms with E-state index in [-0.39, 0.29) is 33.4 Å². The Balaban J connectivity index is 2.82. The number of hydrogen-bond donors (Lipinski definition) is 3. The van der Waals surface area contributed by atoms with E-state index in [1.54, 1.807) is 6.92 Å². The normalized spacial score (nSPS) is 18.1. The van der Waals surface area contributed by atoms with Gasteiger partial charge in [-0.3, -0.25) is 10.1 Å². The molecule has 8 nitrogen and oxygen atoms in total. The predicted octanol–water partition coefficient (Wildman–Crippen LogP) is 2.08. The van der Waals surface area contributed by atoms with Crippen LogP contribution in [0.15, 0.2) is 16.1 Å². The molecule has 24 heavy (non-hydrogen) atoms. The van der Waals surface area contributed by atoms with Crippen molar-refractivity contribution < 1.29 is 4.92 Å². The minimum Gasteiger partial charge on any atom is -0.370 e. The van der Waals surface area contributed by atoms with Crippen LogP contribution in [0.5, 0.6) is 0 Å². The molecule has 6 N–H and O–H groups in total. The summed E-state index contributed by atoms with van der Waals surface area (Å²) in [6.45, 7) is 9.88. The number of fused-ring (bicyclic) bond motifs is 1. The second-order valence-electron chi connectivity index (χ2n) is 7.50. The molecule has 0 fully saturated rings. The van der Waals surface area contributed by atoms with E-state index in [4.69, 9.17) is 17.2 Å². The van der Waals surface area contributed by atoms with Crippen LogP contribution in [0.4, 0.5) is 11.4 Å². The van der Waals surface area contributed by atoms with Gasteiger partial charge in [0, 0.05) is 5.56 Å². The van der Waals surface area contributed by atoms with Crippen LogP contribution in [-0.2, 0) is 10.8 Å². The summed E-state index contributed by atoms with van der Waals surface area (Å²) in [5.74, 6) is -0.353. The molecule has 0 atom stereocenters. The first kappa shape index (κ1) is 17.7. The van der Waals surface area contributed by atoms with E-state index in [0.29, 0.717) is 11.3 Å². The van der Waals surface area contributed by atoms with Crippen LogP contribution in [0, 0.1) is 17.0 Å². The van der Waals surface area contributed by atoms with E-state index in [1.165, 1.54) is 0 Å². The molecule has 0 heterocycles. The lowest BCUT2D eigenvalue weighted by atomic mass is 9.81. The molecule has 1 aliphatic rings. The topological polar surface area (TPSA) is 146 Å². The number of guanidine groups is 2. The van der Waals surface area contributed by atoms with Crippen molar-refractivity contribution in [2.24, 2.45) is 27.2 Å². The van der Waals surface area contributed by atoms with Crippen molar-refractivity contribution in [1.82, 2.24) is 0 Å². The lowest BCUT2D eigenvalue weighted by Crippen LogP contribution is -2.26. The third-order valence-electron chi connectivity index (χ3n) is 4.48. The molecule has 0 bridgehead atoms. The highest BCUT2D eigenvalue weighted by atomic mass is 16.6. The summed E-state index contributed by atoms with van der Waals surface area (Å²) in [6.07, 6.45) is 0.812. The minimum atomic E-state index is -0.340. The van der Waals surface area contributed by atoms with Gasteiger partial charge in [0.15, 0.2) is 5.96 Å². The standard InChI is InChI=1S/C16H24N6O2/c1-8-10(20-14(19)21-13(17)18)6-9-11(12(8)22(23)24)16(4,5)7-15(9,2)3/h6H,7H2,1-5H3,(H6,17,18,19,20,21). The molecule has 8 heteroatoms. The highest BCUT2D eigenvalue weighted by Gasteiger charge is 2.47. The highest BCUT2D eigenvalue weighted by Crippen LogP contribution is 2.54. The van der Waals surface area contributed by atoms with Gasteiger partial charge in [-0.15, -0.1) is 0 Å². The van der Waals surface area contributed by atoms with Crippen molar-refractivity contribution in [3.63, 3.8) is 0 Å². The van der Waals surface area contributed by atoms with E-state index < -0.39 is 0 Å². The molecule has 0 saturated heterocycles. The number of aliphatic imine (C=N–C) groups is 2. The monoisotopic (exact) mass is 332 g/mol. The summed E-state index contributed by atoms with van der Waals surface area (Å²) in [5.41, 5.74) is 18.4. The van der Waals surface area contributed by atoms with Gasteiger partial charge in [-0.2, -0.15) is 4.99 Å². The summed E-state index contributed by atoms with van der Waals surface area (Å²) in [6, 6.07) is 1.86. The maximum absolute atomic E-state index is 11.8. The van der Waals surface area contributed by atoms with Crippen LogP contribution in [0.1, 0.15) is 50.8 Å². The van der Waals surface area contributed by atoms with Gasteiger partial charge in [0.05, 0.1) is 16.2 Å². The largest absolute Gasteiger partial charge is 0.370 e. The third-order valence-corrected chi connectivity index (χ3v) is 4.48. The Morgan fingerprint density at radius 3 is 2.29 bits per heavy atom. The molecule has 0 aromatic heterocycles. The minimum absolute atomic E-state index is 0.0966. The van der Waals surface area contributed by atoms with Crippen LogP contribution in [0.3, 0.4) is 0 Å². The predicted molar refractivity (Wildman–Crippen MR) is 95.6 cm³/mol. The van der Waals surface area contributed by atoms with Gasteiger partial charge in [0.1, 0.15) is 0 Å². The third kappa shape index (κ3) is 2.91. The Morgan fingerprint density at radius 2 is 1.79 bits per heavy atom. The van der Waals surface area contributed by atoms with Gasteiger partial charge in [-0.25, -0.2) is 4.99 Å². The smallest absolute Gasteiger partial charge is 0.278 e. The number of rotatable bonds is 2. The van der Waals surface area contributed by atoms with Gasteiger partial charge in [-0.1, -0.05) is 27.7 Å². The van der Waals surface area contributed by atoms with Crippen molar-refractivity contribution in [2.75, 3.05) is 0 Å². The number of benzene rings is 1. The fourth-order valence-corrected chi connectivity index (χ4v) is 3.89. The fraction of sp³-hybridized carbons (Fsp3) is 0.500. The van der Waals surface area contributed by atoms with E-state index in [2.05, 4.69) is 23.8 Å². The summed E-state index contributed by atoms with van der Waals surface area (Å²) in [4.78, 5) is 19.3. The summed E-state index contributed by atoms with van der Waals surface area (Å²) in [7, 11) is 0. The SMILES string of the molecule is Cc1c(N=C(N)N=C(N)N)cc2c(c1[N+](=O)[O-])C(C)(C)CC2(C)C. The van der Waals surface area contributed by atoms with Crippen molar-refractivity contribution >= 4 is 23.3 Å². The molecule has 2 rings (SSSR count). The highest BCUT2D eigenvalue weighted by molar-refractivity contribution is 5.94. The lowest BCUT2D eigenvalue weighted by Gasteiger charge is -2.22. The second kappa shape index (κ2) is 5.47. The molecular formula is C16H24N6O2. The molecular weight excluding hydrogens is 308 g/mol. The first-order valence-corrected chi connectivity index (χ1v) is 7.63. The van der Waals surface area contributed by atoms with Crippen LogP contribution in [-0.4, -0.2) is 16.8 Å². The number of hydrogen-bond acceptors (Lipinski definition) is 3. The average Bonchev–Trinajstić information content (AvgIpc) is 2.54. The zero-order valence-corrected chi connectivity index (χ0v) is 14.7. The number of nitro groups is 1. The molecule has 0 saturated carbocycles. The van der Waals surface area contributed by atoms with Crippen molar-refractivity contribution in [3.05, 3.63) is 32.9 Å².